The third-order valence-corrected chi connectivity index (χ3v) is 12.7. The van der Waals surface area contributed by atoms with Gasteiger partial charge in [0.2, 0.25) is 0 Å². The van der Waals surface area contributed by atoms with E-state index in [4.69, 9.17) is 9.97 Å². The van der Waals surface area contributed by atoms with Crippen molar-refractivity contribution in [2.45, 2.75) is 12.3 Å². The molecule has 8 aromatic carbocycles. The van der Waals surface area contributed by atoms with Crippen LogP contribution in [0.2, 0.25) is 0 Å². The van der Waals surface area contributed by atoms with Crippen LogP contribution in [0.1, 0.15) is 23.6 Å². The van der Waals surface area contributed by atoms with Crippen molar-refractivity contribution in [3.8, 4) is 56.2 Å². The summed E-state index contributed by atoms with van der Waals surface area (Å²) in [5, 5.41) is 5.25. The molecule has 1 atom stereocenters. The van der Waals surface area contributed by atoms with E-state index in [0.29, 0.717) is 5.82 Å². The van der Waals surface area contributed by atoms with Gasteiger partial charge in [0, 0.05) is 42.3 Å². The van der Waals surface area contributed by atoms with E-state index in [-0.39, 0.29) is 5.41 Å². The maximum atomic E-state index is 5.24. The van der Waals surface area contributed by atoms with Gasteiger partial charge in [0.15, 0.2) is 5.82 Å². The van der Waals surface area contributed by atoms with Crippen LogP contribution >= 0.6 is 11.3 Å². The van der Waals surface area contributed by atoms with Crippen LogP contribution in [0, 0.1) is 0 Å². The highest BCUT2D eigenvalue weighted by Gasteiger charge is 2.40. The molecule has 0 spiro atoms. The summed E-state index contributed by atoms with van der Waals surface area (Å²) >= 11 is 1.87. The van der Waals surface area contributed by atoms with Crippen molar-refractivity contribution >= 4 is 42.3 Å². The number of hydrogen-bond acceptors (Lipinski definition) is 3. The summed E-state index contributed by atoms with van der Waals surface area (Å²) < 4.78 is 2.62. The summed E-state index contributed by atoms with van der Waals surface area (Å²) in [6, 6.07) is 68.0. The van der Waals surface area contributed by atoms with Gasteiger partial charge in [0.05, 0.1) is 11.4 Å². The quantitative estimate of drug-likeness (QED) is 0.177. The first kappa shape index (κ1) is 31.8. The number of nitrogens with zero attached hydrogens (tertiary/aromatic N) is 2. The van der Waals surface area contributed by atoms with Crippen LogP contribution in [-0.4, -0.2) is 9.97 Å². The van der Waals surface area contributed by atoms with E-state index in [1.807, 2.05) is 17.4 Å². The Kier molecular flexibility index (Phi) is 7.20. The maximum Gasteiger partial charge on any atom is 0.160 e. The van der Waals surface area contributed by atoms with Gasteiger partial charge in [-0.25, -0.2) is 9.97 Å². The molecule has 55 heavy (non-hydrogen) atoms. The topological polar surface area (TPSA) is 25.8 Å². The number of aromatic nitrogens is 2. The molecule has 0 fully saturated rings. The molecule has 1 aliphatic carbocycles. The SMILES string of the molecule is CC1(c2ccccc2)c2ccccc2-c2ccc(-c3cc(-c4cccc(-c5ccc6c(c5)sc5ccc7ccccc7c56)c4)nc(-c4ccccc4)n3)cc21. The summed E-state index contributed by atoms with van der Waals surface area (Å²) in [5.74, 6) is 0.715. The van der Waals surface area contributed by atoms with E-state index >= 15 is 0 Å². The molecule has 10 aromatic rings. The third-order valence-electron chi connectivity index (χ3n) is 11.6. The van der Waals surface area contributed by atoms with Gasteiger partial charge in [-0.3, -0.25) is 0 Å². The predicted molar refractivity (Wildman–Crippen MR) is 232 cm³/mol. The molecular formula is C52H34N2S. The average molecular weight is 719 g/mol. The number of fused-ring (bicyclic) bond motifs is 8. The first-order valence-electron chi connectivity index (χ1n) is 18.8. The van der Waals surface area contributed by atoms with E-state index in [9.17, 15) is 0 Å². The van der Waals surface area contributed by atoms with Crippen molar-refractivity contribution in [3.63, 3.8) is 0 Å². The molecule has 0 saturated heterocycles. The van der Waals surface area contributed by atoms with Gasteiger partial charge in [0.25, 0.3) is 0 Å². The Morgan fingerprint density at radius 2 is 1.07 bits per heavy atom. The van der Waals surface area contributed by atoms with Gasteiger partial charge in [-0.2, -0.15) is 0 Å². The molecule has 2 heterocycles. The van der Waals surface area contributed by atoms with E-state index in [1.54, 1.807) is 0 Å². The number of rotatable bonds is 5. The second-order valence-corrected chi connectivity index (χ2v) is 15.8. The van der Waals surface area contributed by atoms with Crippen molar-refractivity contribution in [2.24, 2.45) is 0 Å². The van der Waals surface area contributed by atoms with Crippen LogP contribution in [0.3, 0.4) is 0 Å². The van der Waals surface area contributed by atoms with Gasteiger partial charge in [0.1, 0.15) is 0 Å². The number of benzene rings is 8. The molecule has 0 amide bonds. The Morgan fingerprint density at radius 1 is 0.418 bits per heavy atom. The van der Waals surface area contributed by atoms with Crippen LogP contribution < -0.4 is 0 Å². The normalized spacial score (nSPS) is 14.7. The largest absolute Gasteiger partial charge is 0.228 e. The second kappa shape index (κ2) is 12.4. The van der Waals surface area contributed by atoms with E-state index < -0.39 is 0 Å². The van der Waals surface area contributed by atoms with Crippen molar-refractivity contribution in [1.82, 2.24) is 9.97 Å². The zero-order chi connectivity index (χ0) is 36.5. The zero-order valence-corrected chi connectivity index (χ0v) is 31.0. The summed E-state index contributed by atoms with van der Waals surface area (Å²) in [5.41, 5.74) is 13.5. The monoisotopic (exact) mass is 718 g/mol. The van der Waals surface area contributed by atoms with Crippen LogP contribution in [0.5, 0.6) is 0 Å². The molecule has 11 rings (SSSR count). The van der Waals surface area contributed by atoms with Gasteiger partial charge in [-0.15, -0.1) is 11.3 Å². The Hall–Kier alpha value is -6.68. The van der Waals surface area contributed by atoms with Crippen LogP contribution in [0.4, 0.5) is 0 Å². The maximum absolute atomic E-state index is 5.24. The summed E-state index contributed by atoms with van der Waals surface area (Å²) in [7, 11) is 0. The summed E-state index contributed by atoms with van der Waals surface area (Å²) in [6.45, 7) is 2.36. The minimum atomic E-state index is -0.293. The highest BCUT2D eigenvalue weighted by atomic mass is 32.1. The van der Waals surface area contributed by atoms with E-state index in [2.05, 4.69) is 189 Å². The molecule has 0 saturated carbocycles. The standard InChI is InChI=1S/C52H34N2S/c1-52(39-18-6-3-7-19-39)44-22-11-10-21-41(44)42-26-24-38(30-45(42)52)47-32-46(53-51(54-47)34-14-4-2-5-15-34)37-17-12-16-35(29-37)36-23-27-43-49(31-36)55-48-28-25-33-13-8-9-20-40(33)50(43)48/h2-32H,1H3. The van der Waals surface area contributed by atoms with Crippen molar-refractivity contribution in [1.29, 1.82) is 0 Å². The lowest BCUT2D eigenvalue weighted by molar-refractivity contribution is 0.714. The first-order chi connectivity index (χ1) is 27.1. The lowest BCUT2D eigenvalue weighted by Crippen LogP contribution is -2.22. The lowest BCUT2D eigenvalue weighted by atomic mass is 9.74. The molecule has 1 unspecified atom stereocenters. The third kappa shape index (κ3) is 5.08. The molecule has 0 N–H and O–H groups in total. The van der Waals surface area contributed by atoms with Gasteiger partial charge < -0.3 is 0 Å². The Morgan fingerprint density at radius 3 is 1.93 bits per heavy atom. The lowest BCUT2D eigenvalue weighted by Gasteiger charge is -2.28. The molecule has 3 heteroatoms. The Balaban J connectivity index is 1.04. The Bertz CT molecular complexity index is 3110. The first-order valence-corrected chi connectivity index (χ1v) is 19.6. The molecule has 2 nitrogen and oxygen atoms in total. The van der Waals surface area contributed by atoms with Crippen molar-refractivity contribution < 1.29 is 0 Å². The van der Waals surface area contributed by atoms with Crippen LogP contribution in [-0.2, 0) is 5.41 Å². The van der Waals surface area contributed by atoms with Crippen LogP contribution in [0.15, 0.2) is 188 Å². The Labute approximate surface area is 324 Å². The molecule has 0 radical (unpaired) electrons. The average Bonchev–Trinajstić information content (AvgIpc) is 3.77. The molecule has 258 valence electrons. The summed E-state index contributed by atoms with van der Waals surface area (Å²) in [6.07, 6.45) is 0. The highest BCUT2D eigenvalue weighted by Crippen LogP contribution is 2.53. The van der Waals surface area contributed by atoms with E-state index in [0.717, 1.165) is 33.6 Å². The highest BCUT2D eigenvalue weighted by molar-refractivity contribution is 7.26. The van der Waals surface area contributed by atoms with Gasteiger partial charge in [-0.1, -0.05) is 158 Å². The van der Waals surface area contributed by atoms with Crippen molar-refractivity contribution in [2.75, 3.05) is 0 Å². The molecule has 0 bridgehead atoms. The second-order valence-electron chi connectivity index (χ2n) is 14.7. The molecule has 1 aliphatic rings. The van der Waals surface area contributed by atoms with E-state index in [1.165, 1.54) is 64.3 Å². The fourth-order valence-corrected chi connectivity index (χ4v) is 9.94. The number of hydrogen-bond donors (Lipinski definition) is 0. The van der Waals surface area contributed by atoms with Gasteiger partial charge >= 0.3 is 0 Å². The smallest absolute Gasteiger partial charge is 0.160 e. The molecular weight excluding hydrogens is 685 g/mol. The van der Waals surface area contributed by atoms with Gasteiger partial charge in [-0.05, 0) is 87.0 Å². The minimum absolute atomic E-state index is 0.293. The van der Waals surface area contributed by atoms with Crippen LogP contribution in [0.25, 0.3) is 87.1 Å². The minimum Gasteiger partial charge on any atom is -0.228 e. The molecule has 2 aromatic heterocycles. The fourth-order valence-electron chi connectivity index (χ4n) is 8.78. The summed E-state index contributed by atoms with van der Waals surface area (Å²) in [4.78, 5) is 10.5. The number of thiophene rings is 1. The fraction of sp³-hybridized carbons (Fsp3) is 0.0385. The predicted octanol–water partition coefficient (Wildman–Crippen LogP) is 14.0. The molecule has 0 aliphatic heterocycles. The van der Waals surface area contributed by atoms with Crippen molar-refractivity contribution in [3.05, 3.63) is 205 Å². The zero-order valence-electron chi connectivity index (χ0n) is 30.2.